The number of phenolic OH excluding ortho intramolecular Hbond substituents is 2. The van der Waals surface area contributed by atoms with Crippen LogP contribution in [-0.2, 0) is 57.3 Å². The molecule has 0 heterocycles. The van der Waals surface area contributed by atoms with Crippen LogP contribution in [0.25, 0.3) is 0 Å². The van der Waals surface area contributed by atoms with Crippen LogP contribution < -0.4 is 0 Å². The van der Waals surface area contributed by atoms with Crippen LogP contribution in [-0.4, -0.2) is 59.8 Å². The Morgan fingerprint density at radius 2 is 1.04 bits per heavy atom. The predicted molar refractivity (Wildman–Crippen MR) is 198 cm³/mol. The second-order valence-corrected chi connectivity index (χ2v) is 17.8. The summed E-state index contributed by atoms with van der Waals surface area (Å²) in [5, 5.41) is 22.5. The molecule has 1 fully saturated rings. The van der Waals surface area contributed by atoms with E-state index in [4.69, 9.17) is 13.7 Å². The third-order valence-electron chi connectivity index (χ3n) is 8.39. The van der Waals surface area contributed by atoms with Crippen molar-refractivity contribution >= 4 is 22.8 Å². The standard InChI is InChI=1S/C36H54N2O2.C2H6O4S.H2O.O.V/c1-33(2,3)25-17-23(31(39)27(19-25)35(7,8)9)21-37-29-15-13-14-16-30(29)38-22-24-18-26(34(4,5)6)20-28(32(24)40)36(10,11)12;1-2-6-7(3,4)5;;;/h17-22,29-30,39-40H,13-16H2,1-12H3;2H2,1H3,(H,3,4,5);1H2;;/p-1/t29-,30-;;;;/m1..../s1. The van der Waals surface area contributed by atoms with E-state index in [2.05, 4.69) is 112 Å². The van der Waals surface area contributed by atoms with Gasteiger partial charge in [0.1, 0.15) is 11.5 Å². The van der Waals surface area contributed by atoms with Crippen LogP contribution in [0.5, 0.6) is 11.5 Å². The first-order valence-electron chi connectivity index (χ1n) is 16.9. The Labute approximate surface area is 310 Å². The van der Waals surface area contributed by atoms with Crippen molar-refractivity contribution in [3.63, 3.8) is 0 Å². The van der Waals surface area contributed by atoms with Crippen LogP contribution in [0.1, 0.15) is 149 Å². The molecule has 2 aromatic carbocycles. The van der Waals surface area contributed by atoms with Crippen molar-refractivity contribution in [2.75, 3.05) is 6.61 Å². The molecule has 1 saturated carbocycles. The van der Waals surface area contributed by atoms with Crippen molar-refractivity contribution in [2.45, 2.75) is 149 Å². The molecule has 2 atom stereocenters. The monoisotopic (exact) mass is 756 g/mol. The molecule has 50 heavy (non-hydrogen) atoms. The number of rotatable bonds is 6. The Hall–Kier alpha value is -2.41. The van der Waals surface area contributed by atoms with E-state index in [-0.39, 0.29) is 45.8 Å². The summed E-state index contributed by atoms with van der Waals surface area (Å²) < 4.78 is 40.2. The second-order valence-electron chi connectivity index (χ2n) is 16.7. The van der Waals surface area contributed by atoms with Gasteiger partial charge >= 0.3 is 21.0 Å². The van der Waals surface area contributed by atoms with Gasteiger partial charge in [-0.1, -0.05) is 108 Å². The van der Waals surface area contributed by atoms with Crippen LogP contribution in [0.15, 0.2) is 34.3 Å². The minimum absolute atomic E-state index is 0. The van der Waals surface area contributed by atoms with Gasteiger partial charge in [0.25, 0.3) is 0 Å². The molecule has 3 rings (SSSR count). The molecule has 0 unspecified atom stereocenters. The Morgan fingerprint density at radius 3 is 1.26 bits per heavy atom. The van der Waals surface area contributed by atoms with Gasteiger partial charge in [0.05, 0.1) is 18.7 Å². The van der Waals surface area contributed by atoms with Gasteiger partial charge in [-0.25, -0.2) is 8.42 Å². The van der Waals surface area contributed by atoms with Crippen LogP contribution >= 0.6 is 0 Å². The average molecular weight is 757 g/mol. The first-order chi connectivity index (χ1) is 22.3. The molecule has 10 nitrogen and oxygen atoms in total. The van der Waals surface area contributed by atoms with Gasteiger partial charge in [-0.05, 0) is 64.7 Å². The molecular formula is C38H61N2O8SV-. The fourth-order valence-electron chi connectivity index (χ4n) is 5.46. The SMILES string of the molecule is CC(C)(C)c1cc(C=N[C@@H]2CCCC[C@H]2N=Cc2cc(C(C)(C)C)cc(C(C)(C)C)c2O)c(O)c(C(C)(C)C)c1.CCOS(=O)(=O)[O-].O.[O]=[V]. The molecular weight excluding hydrogens is 695 g/mol. The molecule has 0 aliphatic heterocycles. The summed E-state index contributed by atoms with van der Waals surface area (Å²) >= 11 is 1.06. The molecule has 0 aromatic heterocycles. The molecule has 0 bridgehead atoms. The van der Waals surface area contributed by atoms with Gasteiger partial charge in [-0.2, -0.15) is 0 Å². The first-order valence-corrected chi connectivity index (χ1v) is 18.8. The Bertz CT molecular complexity index is 1460. The number of benzene rings is 2. The number of aliphatic imine (C=N–C) groups is 2. The quantitative estimate of drug-likeness (QED) is 0.172. The van der Waals surface area contributed by atoms with Gasteiger partial charge in [-0.3, -0.25) is 14.2 Å². The van der Waals surface area contributed by atoms with E-state index in [0.717, 1.165) is 65.3 Å². The van der Waals surface area contributed by atoms with Crippen molar-refractivity contribution in [2.24, 2.45) is 9.98 Å². The molecule has 1 aliphatic carbocycles. The fourth-order valence-corrected chi connectivity index (χ4v) is 5.74. The van der Waals surface area contributed by atoms with Crippen molar-refractivity contribution in [1.29, 1.82) is 0 Å². The first kappa shape index (κ1) is 47.6. The van der Waals surface area contributed by atoms with Gasteiger partial charge in [0.2, 0.25) is 10.4 Å². The summed E-state index contributed by atoms with van der Waals surface area (Å²) in [5.74, 6) is 0.637. The zero-order chi connectivity index (χ0) is 38.2. The summed E-state index contributed by atoms with van der Waals surface area (Å²) in [4.78, 5) is 10.1. The van der Waals surface area contributed by atoms with E-state index in [1.807, 2.05) is 12.4 Å². The second kappa shape index (κ2) is 18.9. The molecule has 283 valence electrons. The summed E-state index contributed by atoms with van der Waals surface area (Å²) in [6.45, 7) is 27.4. The van der Waals surface area contributed by atoms with Crippen molar-refractivity contribution in [3.8, 4) is 11.5 Å². The molecule has 0 saturated heterocycles. The van der Waals surface area contributed by atoms with Crippen LogP contribution in [0.2, 0.25) is 0 Å². The number of nitrogens with zero attached hydrogens (tertiary/aromatic N) is 2. The van der Waals surface area contributed by atoms with Crippen LogP contribution in [0.3, 0.4) is 0 Å². The number of aromatic hydroxyl groups is 2. The van der Waals surface area contributed by atoms with E-state index in [1.165, 1.54) is 18.1 Å². The fraction of sp³-hybridized carbons (Fsp3) is 0.632. The molecule has 4 N–H and O–H groups in total. The minimum atomic E-state index is -4.42. The molecule has 12 heteroatoms. The van der Waals surface area contributed by atoms with Gasteiger partial charge in [0, 0.05) is 34.7 Å². The van der Waals surface area contributed by atoms with Gasteiger partial charge < -0.3 is 20.2 Å². The topological polar surface area (TPSA) is 180 Å². The zero-order valence-corrected chi connectivity index (χ0v) is 34.6. The summed E-state index contributed by atoms with van der Waals surface area (Å²) in [6, 6.07) is 8.53. The normalized spacial score (nSPS) is 17.4. The molecule has 1 aliphatic rings. The van der Waals surface area contributed by atoms with E-state index < -0.39 is 10.4 Å². The molecule has 0 amide bonds. The van der Waals surface area contributed by atoms with Gasteiger partial charge in [-0.15, -0.1) is 0 Å². The number of hydrogen-bond donors (Lipinski definition) is 2. The average Bonchev–Trinajstić information content (AvgIpc) is 2.95. The Morgan fingerprint density at radius 1 is 0.720 bits per heavy atom. The third-order valence-corrected chi connectivity index (χ3v) is 8.92. The van der Waals surface area contributed by atoms with Crippen molar-refractivity contribution in [1.82, 2.24) is 0 Å². The summed E-state index contributed by atoms with van der Waals surface area (Å²) in [5.41, 5.74) is 5.39. The van der Waals surface area contributed by atoms with Crippen LogP contribution in [0.4, 0.5) is 0 Å². The third kappa shape index (κ3) is 14.7. The van der Waals surface area contributed by atoms with E-state index in [0.29, 0.717) is 11.5 Å². The van der Waals surface area contributed by atoms with E-state index in [1.54, 1.807) is 0 Å². The van der Waals surface area contributed by atoms with E-state index in [9.17, 15) is 23.2 Å². The predicted octanol–water partition coefficient (Wildman–Crippen LogP) is 7.67. The summed E-state index contributed by atoms with van der Waals surface area (Å²) in [7, 11) is -4.42. The Balaban J connectivity index is 0.00000214. The van der Waals surface area contributed by atoms with Crippen molar-refractivity contribution < 1.29 is 53.9 Å². The number of phenols is 2. The maximum atomic E-state index is 11.2. The van der Waals surface area contributed by atoms with Crippen LogP contribution in [0, 0.1) is 0 Å². The van der Waals surface area contributed by atoms with E-state index >= 15 is 0 Å². The van der Waals surface area contributed by atoms with Crippen molar-refractivity contribution in [3.05, 3.63) is 57.6 Å². The zero-order valence-electron chi connectivity index (χ0n) is 32.3. The van der Waals surface area contributed by atoms with Gasteiger partial charge in [0.15, 0.2) is 0 Å². The molecule has 0 spiro atoms. The summed E-state index contributed by atoms with van der Waals surface area (Å²) in [6.07, 6.45) is 7.90. The molecule has 2 aromatic rings. The maximum absolute atomic E-state index is 11.2. The Kier molecular flexibility index (Phi) is 18.0. The molecule has 0 radical (unpaired) electrons. The number of hydrogen-bond acceptors (Lipinski definition) is 9.